The number of nitrogens with zero attached hydrogens (tertiary/aromatic N) is 2. The van der Waals surface area contributed by atoms with E-state index in [9.17, 15) is 0 Å². The molecule has 0 aliphatic rings. The predicted octanol–water partition coefficient (Wildman–Crippen LogP) is 4.38. The molecule has 0 spiro atoms. The molecule has 0 unspecified atom stereocenters. The first-order valence-corrected chi connectivity index (χ1v) is 9.46. The van der Waals surface area contributed by atoms with Crippen LogP contribution < -0.4 is 10.6 Å². The second kappa shape index (κ2) is 10.5. The average Bonchev–Trinajstić information content (AvgIpc) is 3.12. The van der Waals surface area contributed by atoms with Gasteiger partial charge in [0.05, 0.1) is 6.54 Å². The molecular weight excluding hydrogens is 455 g/mol. The topological polar surface area (TPSA) is 49.3 Å². The van der Waals surface area contributed by atoms with Crippen molar-refractivity contribution in [1.82, 2.24) is 15.6 Å². The van der Waals surface area contributed by atoms with E-state index in [-0.39, 0.29) is 24.0 Å². The van der Waals surface area contributed by atoms with Crippen molar-refractivity contribution in [3.63, 3.8) is 0 Å². The molecule has 0 amide bonds. The first kappa shape index (κ1) is 20.6. The van der Waals surface area contributed by atoms with Crippen LogP contribution in [-0.2, 0) is 19.4 Å². The van der Waals surface area contributed by atoms with E-state index in [1.807, 2.05) is 6.20 Å². The molecular formula is C20H25IN4S. The number of hydrogen-bond acceptors (Lipinski definition) is 3. The van der Waals surface area contributed by atoms with Crippen molar-refractivity contribution < 1.29 is 0 Å². The van der Waals surface area contributed by atoms with Crippen LogP contribution in [0.3, 0.4) is 0 Å². The van der Waals surface area contributed by atoms with Crippen LogP contribution in [0.5, 0.6) is 0 Å². The Labute approximate surface area is 176 Å². The van der Waals surface area contributed by atoms with E-state index in [4.69, 9.17) is 0 Å². The molecule has 0 bridgehead atoms. The summed E-state index contributed by atoms with van der Waals surface area (Å²) in [7, 11) is 1.80. The van der Waals surface area contributed by atoms with Gasteiger partial charge in [-0.25, -0.2) is 4.98 Å². The highest BCUT2D eigenvalue weighted by Crippen LogP contribution is 2.16. The van der Waals surface area contributed by atoms with Crippen LogP contribution in [0, 0.1) is 0 Å². The van der Waals surface area contributed by atoms with Gasteiger partial charge in [-0.05, 0) is 29.2 Å². The molecule has 0 saturated heterocycles. The summed E-state index contributed by atoms with van der Waals surface area (Å²) in [5.74, 6) is 0.814. The van der Waals surface area contributed by atoms with Gasteiger partial charge in [0.15, 0.2) is 5.96 Å². The summed E-state index contributed by atoms with van der Waals surface area (Å²) in [5, 5.41) is 10.4. The molecule has 0 radical (unpaired) electrons. The van der Waals surface area contributed by atoms with Crippen LogP contribution >= 0.6 is 35.3 Å². The normalized spacial score (nSPS) is 11.2. The Morgan fingerprint density at radius 1 is 1.12 bits per heavy atom. The second-order valence-electron chi connectivity index (χ2n) is 5.86. The molecule has 26 heavy (non-hydrogen) atoms. The van der Waals surface area contributed by atoms with E-state index in [2.05, 4.69) is 70.0 Å². The van der Waals surface area contributed by atoms with Gasteiger partial charge in [-0.2, -0.15) is 0 Å². The molecule has 4 nitrogen and oxygen atoms in total. The van der Waals surface area contributed by atoms with Crippen LogP contribution in [0.1, 0.15) is 22.4 Å². The van der Waals surface area contributed by atoms with E-state index in [0.29, 0.717) is 6.54 Å². The fraction of sp³-hybridized carbons (Fsp3) is 0.300. The Hall–Kier alpha value is -1.67. The van der Waals surface area contributed by atoms with Crippen molar-refractivity contribution in [3.8, 4) is 0 Å². The molecule has 1 heterocycles. The fourth-order valence-corrected chi connectivity index (χ4v) is 3.49. The Morgan fingerprint density at radius 3 is 2.65 bits per heavy atom. The van der Waals surface area contributed by atoms with Crippen molar-refractivity contribution in [2.75, 3.05) is 13.6 Å². The van der Waals surface area contributed by atoms with Gasteiger partial charge in [0.2, 0.25) is 0 Å². The standard InChI is InChI=1S/C20H24N4S.HI/c1-3-18-13-23-19(25-18)14-24-20(21-2)22-11-10-15-8-9-16-6-4-5-7-17(16)12-15;/h4-9,12-13H,3,10-11,14H2,1-2H3,(H2,21,22,24);1H. The number of thiazole rings is 1. The number of guanidine groups is 1. The summed E-state index contributed by atoms with van der Waals surface area (Å²) in [4.78, 5) is 10.0. The van der Waals surface area contributed by atoms with E-state index >= 15 is 0 Å². The quantitative estimate of drug-likeness (QED) is 0.313. The third kappa shape index (κ3) is 5.67. The summed E-state index contributed by atoms with van der Waals surface area (Å²) < 4.78 is 0. The van der Waals surface area contributed by atoms with Crippen molar-refractivity contribution >= 4 is 52.0 Å². The molecule has 2 aromatic carbocycles. The fourth-order valence-electron chi connectivity index (χ4n) is 2.69. The van der Waals surface area contributed by atoms with Gasteiger partial charge in [-0.1, -0.05) is 49.4 Å². The third-order valence-electron chi connectivity index (χ3n) is 4.10. The minimum Gasteiger partial charge on any atom is -0.356 e. The number of hydrogen-bond donors (Lipinski definition) is 2. The first-order chi connectivity index (χ1) is 12.3. The molecule has 1 aromatic heterocycles. The van der Waals surface area contributed by atoms with Gasteiger partial charge in [0, 0.05) is 24.7 Å². The number of aromatic nitrogens is 1. The van der Waals surface area contributed by atoms with Crippen LogP contribution in [0.4, 0.5) is 0 Å². The molecule has 0 atom stereocenters. The summed E-state index contributed by atoms with van der Waals surface area (Å²) in [5.41, 5.74) is 1.33. The Kier molecular flexibility index (Phi) is 8.31. The molecule has 0 saturated carbocycles. The highest BCUT2D eigenvalue weighted by molar-refractivity contribution is 14.0. The summed E-state index contributed by atoms with van der Waals surface area (Å²) in [6.07, 6.45) is 3.96. The van der Waals surface area contributed by atoms with E-state index in [0.717, 1.165) is 30.4 Å². The van der Waals surface area contributed by atoms with Gasteiger partial charge in [0.25, 0.3) is 0 Å². The third-order valence-corrected chi connectivity index (χ3v) is 5.24. The minimum absolute atomic E-state index is 0. The summed E-state index contributed by atoms with van der Waals surface area (Å²) >= 11 is 1.75. The van der Waals surface area contributed by atoms with Crippen LogP contribution in [0.2, 0.25) is 0 Å². The van der Waals surface area contributed by atoms with Crippen LogP contribution in [0.15, 0.2) is 53.7 Å². The molecule has 6 heteroatoms. The number of aliphatic imine (C=N–C) groups is 1. The lowest BCUT2D eigenvalue weighted by Gasteiger charge is -2.11. The monoisotopic (exact) mass is 480 g/mol. The lowest BCUT2D eigenvalue weighted by Crippen LogP contribution is -2.37. The molecule has 138 valence electrons. The maximum atomic E-state index is 4.42. The smallest absolute Gasteiger partial charge is 0.191 e. The van der Waals surface area contributed by atoms with Crippen molar-refractivity contribution in [3.05, 3.63) is 64.1 Å². The van der Waals surface area contributed by atoms with Gasteiger partial charge < -0.3 is 10.6 Å². The predicted molar refractivity (Wildman–Crippen MR) is 123 cm³/mol. The number of nitrogens with one attached hydrogen (secondary N) is 2. The first-order valence-electron chi connectivity index (χ1n) is 8.64. The highest BCUT2D eigenvalue weighted by Gasteiger charge is 2.03. The van der Waals surface area contributed by atoms with Crippen molar-refractivity contribution in [2.24, 2.45) is 4.99 Å². The lowest BCUT2D eigenvalue weighted by atomic mass is 10.1. The SMILES string of the molecule is CCc1cnc(CNC(=NC)NCCc2ccc3ccccc3c2)s1.I. The van der Waals surface area contributed by atoms with Crippen LogP contribution in [0.25, 0.3) is 10.8 Å². The molecule has 0 aliphatic heterocycles. The van der Waals surface area contributed by atoms with Gasteiger partial charge in [0.1, 0.15) is 5.01 Å². The average molecular weight is 480 g/mol. The van der Waals surface area contributed by atoms with Crippen LogP contribution in [-0.4, -0.2) is 24.5 Å². The van der Waals surface area contributed by atoms with Gasteiger partial charge in [-0.3, -0.25) is 4.99 Å². The maximum absolute atomic E-state index is 4.42. The maximum Gasteiger partial charge on any atom is 0.191 e. The second-order valence-corrected chi connectivity index (χ2v) is 7.06. The zero-order valence-electron chi connectivity index (χ0n) is 15.2. The molecule has 0 fully saturated rings. The summed E-state index contributed by atoms with van der Waals surface area (Å²) in [6.45, 7) is 3.70. The number of halogens is 1. The Balaban J connectivity index is 0.00000243. The van der Waals surface area contributed by atoms with E-state index < -0.39 is 0 Å². The Morgan fingerprint density at radius 2 is 1.92 bits per heavy atom. The highest BCUT2D eigenvalue weighted by atomic mass is 127. The lowest BCUT2D eigenvalue weighted by molar-refractivity contribution is 0.792. The largest absolute Gasteiger partial charge is 0.356 e. The van der Waals surface area contributed by atoms with Gasteiger partial charge in [-0.15, -0.1) is 35.3 Å². The zero-order valence-corrected chi connectivity index (χ0v) is 18.3. The number of rotatable bonds is 6. The summed E-state index contributed by atoms with van der Waals surface area (Å²) in [6, 6.07) is 15.1. The molecule has 2 N–H and O–H groups in total. The number of benzene rings is 2. The zero-order chi connectivity index (χ0) is 17.5. The molecule has 3 aromatic rings. The molecule has 0 aliphatic carbocycles. The van der Waals surface area contributed by atoms with E-state index in [1.54, 1.807) is 18.4 Å². The van der Waals surface area contributed by atoms with Gasteiger partial charge >= 0.3 is 0 Å². The Bertz CT molecular complexity index is 860. The van der Waals surface area contributed by atoms with E-state index in [1.165, 1.54) is 21.2 Å². The molecule has 3 rings (SSSR count). The minimum atomic E-state index is 0. The van der Waals surface area contributed by atoms with Crippen molar-refractivity contribution in [1.29, 1.82) is 0 Å². The number of fused-ring (bicyclic) bond motifs is 1. The number of aryl methyl sites for hydroxylation is 1. The van der Waals surface area contributed by atoms with Crippen molar-refractivity contribution in [2.45, 2.75) is 26.3 Å².